The predicted molar refractivity (Wildman–Crippen MR) is 66.9 cm³/mol. The molecule has 1 aromatic carbocycles. The van der Waals surface area contributed by atoms with Gasteiger partial charge in [0.25, 0.3) is 5.69 Å². The van der Waals surface area contributed by atoms with Crippen molar-refractivity contribution in [2.45, 2.75) is 19.1 Å². The Kier molecular flexibility index (Phi) is 2.99. The zero-order valence-electron chi connectivity index (χ0n) is 10.1. The van der Waals surface area contributed by atoms with E-state index in [2.05, 4.69) is 0 Å². The van der Waals surface area contributed by atoms with Gasteiger partial charge in [-0.1, -0.05) is 0 Å². The van der Waals surface area contributed by atoms with Gasteiger partial charge in [0, 0.05) is 23.7 Å². The van der Waals surface area contributed by atoms with E-state index in [-0.39, 0.29) is 12.2 Å². The van der Waals surface area contributed by atoms with E-state index < -0.39 is 16.5 Å². The van der Waals surface area contributed by atoms with Crippen molar-refractivity contribution in [2.24, 2.45) is 0 Å². The molecule has 0 aliphatic rings. The van der Waals surface area contributed by atoms with Crippen molar-refractivity contribution in [3.05, 3.63) is 40.6 Å². The number of nitro groups is 1. The maximum atomic E-state index is 10.9. The van der Waals surface area contributed by atoms with Crippen LogP contribution in [-0.4, -0.2) is 31.3 Å². The lowest BCUT2D eigenvalue weighted by atomic mass is 10.1. The highest BCUT2D eigenvalue weighted by Crippen LogP contribution is 2.23. The average Bonchev–Trinajstić information content (AvgIpc) is 2.71. The van der Waals surface area contributed by atoms with Crippen molar-refractivity contribution < 1.29 is 19.9 Å². The first-order chi connectivity index (χ1) is 8.81. The molecule has 1 unspecified atom stereocenters. The summed E-state index contributed by atoms with van der Waals surface area (Å²) in [6, 6.07) is 6.02. The average molecular weight is 264 g/mol. The Labute approximate surface area is 107 Å². The second-order valence-corrected chi connectivity index (χ2v) is 4.52. The molecular formula is C12H12N2O5. The molecule has 7 heteroatoms. The van der Waals surface area contributed by atoms with Crippen LogP contribution in [0.2, 0.25) is 0 Å². The Balaban J connectivity index is 2.47. The topological polar surface area (TPSA) is 106 Å². The van der Waals surface area contributed by atoms with Crippen molar-refractivity contribution in [3.63, 3.8) is 0 Å². The van der Waals surface area contributed by atoms with Crippen molar-refractivity contribution in [2.75, 3.05) is 0 Å². The number of carboxylic acids is 1. The number of hydrogen-bond acceptors (Lipinski definition) is 4. The number of carbonyl (C=O) groups is 1. The number of aliphatic carboxylic acids is 1. The molecule has 0 saturated heterocycles. The van der Waals surface area contributed by atoms with Crippen LogP contribution in [0.5, 0.6) is 0 Å². The van der Waals surface area contributed by atoms with Crippen LogP contribution in [0.1, 0.15) is 6.92 Å². The third kappa shape index (κ3) is 2.41. The van der Waals surface area contributed by atoms with Crippen LogP contribution in [0, 0.1) is 10.1 Å². The Morgan fingerprint density at radius 3 is 2.74 bits per heavy atom. The minimum atomic E-state index is -1.93. The molecule has 0 bridgehead atoms. The first-order valence-corrected chi connectivity index (χ1v) is 5.50. The Hall–Kier alpha value is -2.41. The predicted octanol–water partition coefficient (Wildman–Crippen LogP) is 1.39. The van der Waals surface area contributed by atoms with Crippen LogP contribution in [0.3, 0.4) is 0 Å². The molecule has 1 heterocycles. The summed E-state index contributed by atoms with van der Waals surface area (Å²) in [4.78, 5) is 21.1. The van der Waals surface area contributed by atoms with E-state index in [0.717, 1.165) is 5.39 Å². The molecule has 19 heavy (non-hydrogen) atoms. The van der Waals surface area contributed by atoms with Crippen molar-refractivity contribution in [3.8, 4) is 0 Å². The Bertz CT molecular complexity index is 659. The summed E-state index contributed by atoms with van der Waals surface area (Å²) in [7, 11) is 0. The normalized spacial score (nSPS) is 14.2. The van der Waals surface area contributed by atoms with E-state index in [1.165, 1.54) is 23.6 Å². The van der Waals surface area contributed by atoms with Gasteiger partial charge in [-0.15, -0.1) is 0 Å². The number of rotatable bonds is 4. The summed E-state index contributed by atoms with van der Waals surface area (Å²) in [5.74, 6) is -1.35. The van der Waals surface area contributed by atoms with Gasteiger partial charge in [-0.05, 0) is 19.1 Å². The number of benzene rings is 1. The minimum absolute atomic E-state index is 0.0811. The van der Waals surface area contributed by atoms with E-state index in [1.54, 1.807) is 18.3 Å². The molecule has 7 nitrogen and oxygen atoms in total. The van der Waals surface area contributed by atoms with Crippen LogP contribution >= 0.6 is 0 Å². The molecule has 0 fully saturated rings. The summed E-state index contributed by atoms with van der Waals surface area (Å²) in [6.07, 6.45) is 1.59. The summed E-state index contributed by atoms with van der Waals surface area (Å²) in [6.45, 7) is 0.992. The highest BCUT2D eigenvalue weighted by molar-refractivity contribution is 5.83. The van der Waals surface area contributed by atoms with E-state index in [9.17, 15) is 20.0 Å². The van der Waals surface area contributed by atoms with Crippen LogP contribution in [-0.2, 0) is 11.3 Å². The monoisotopic (exact) mass is 264 g/mol. The molecule has 2 rings (SSSR count). The molecule has 0 radical (unpaired) electrons. The quantitative estimate of drug-likeness (QED) is 0.641. The van der Waals surface area contributed by atoms with Gasteiger partial charge in [-0.25, -0.2) is 4.79 Å². The van der Waals surface area contributed by atoms with E-state index >= 15 is 0 Å². The van der Waals surface area contributed by atoms with Crippen LogP contribution in [0.15, 0.2) is 30.5 Å². The number of hydrogen-bond donors (Lipinski definition) is 2. The van der Waals surface area contributed by atoms with E-state index in [1.807, 2.05) is 0 Å². The molecule has 2 aromatic rings. The molecule has 1 aromatic heterocycles. The number of aliphatic hydroxyl groups is 1. The van der Waals surface area contributed by atoms with Crippen molar-refractivity contribution in [1.29, 1.82) is 0 Å². The lowest BCUT2D eigenvalue weighted by molar-refractivity contribution is -0.384. The fourth-order valence-electron chi connectivity index (χ4n) is 1.82. The summed E-state index contributed by atoms with van der Waals surface area (Å²) >= 11 is 0. The zero-order valence-corrected chi connectivity index (χ0v) is 10.1. The van der Waals surface area contributed by atoms with E-state index in [0.29, 0.717) is 5.52 Å². The van der Waals surface area contributed by atoms with Gasteiger partial charge in [-0.2, -0.15) is 0 Å². The second kappa shape index (κ2) is 4.36. The van der Waals surface area contributed by atoms with Crippen LogP contribution in [0.25, 0.3) is 10.9 Å². The number of nitrogens with zero attached hydrogens (tertiary/aromatic N) is 2. The molecule has 0 spiro atoms. The molecule has 0 aliphatic carbocycles. The Morgan fingerprint density at radius 2 is 2.16 bits per heavy atom. The highest BCUT2D eigenvalue weighted by Gasteiger charge is 2.30. The number of carboxylic acid groups (broad SMARTS) is 1. The van der Waals surface area contributed by atoms with Gasteiger partial charge in [0.05, 0.1) is 17.0 Å². The highest BCUT2D eigenvalue weighted by atomic mass is 16.6. The molecule has 2 N–H and O–H groups in total. The van der Waals surface area contributed by atoms with Gasteiger partial charge < -0.3 is 14.8 Å². The molecule has 1 atom stereocenters. The van der Waals surface area contributed by atoms with E-state index in [4.69, 9.17) is 5.11 Å². The maximum Gasteiger partial charge on any atom is 0.337 e. The third-order valence-corrected chi connectivity index (χ3v) is 2.91. The van der Waals surface area contributed by atoms with Crippen molar-refractivity contribution in [1.82, 2.24) is 4.57 Å². The number of fused-ring (bicyclic) bond motifs is 1. The fourth-order valence-corrected chi connectivity index (χ4v) is 1.82. The van der Waals surface area contributed by atoms with Crippen LogP contribution < -0.4 is 0 Å². The molecular weight excluding hydrogens is 252 g/mol. The maximum absolute atomic E-state index is 10.9. The smallest absolute Gasteiger partial charge is 0.337 e. The molecule has 0 saturated carbocycles. The molecule has 0 amide bonds. The number of non-ortho nitro benzene ring substituents is 1. The zero-order chi connectivity index (χ0) is 14.2. The third-order valence-electron chi connectivity index (χ3n) is 2.91. The van der Waals surface area contributed by atoms with Crippen molar-refractivity contribution >= 4 is 22.6 Å². The largest absolute Gasteiger partial charge is 0.479 e. The van der Waals surface area contributed by atoms with Gasteiger partial charge in [-0.3, -0.25) is 10.1 Å². The number of nitro benzene ring substituents is 1. The van der Waals surface area contributed by atoms with Gasteiger partial charge in [0.2, 0.25) is 0 Å². The second-order valence-electron chi connectivity index (χ2n) is 4.52. The Morgan fingerprint density at radius 1 is 1.47 bits per heavy atom. The summed E-state index contributed by atoms with van der Waals surface area (Å²) in [5.41, 5.74) is -1.51. The SMILES string of the molecule is CC(O)(Cn1ccc2ccc([N+](=O)[O-])cc21)C(=O)O. The molecule has 100 valence electrons. The minimum Gasteiger partial charge on any atom is -0.479 e. The summed E-state index contributed by atoms with van der Waals surface area (Å²) in [5, 5.41) is 30.1. The standard InChI is InChI=1S/C12H12N2O5/c1-12(17,11(15)16)7-13-5-4-8-2-3-9(14(18)19)6-10(8)13/h2-6,17H,7H2,1H3,(H,15,16). The number of aromatic nitrogens is 1. The molecule has 0 aliphatic heterocycles. The van der Waals surface area contributed by atoms with Gasteiger partial charge >= 0.3 is 5.97 Å². The lowest BCUT2D eigenvalue weighted by Crippen LogP contribution is -2.39. The van der Waals surface area contributed by atoms with Crippen LogP contribution in [0.4, 0.5) is 5.69 Å². The van der Waals surface area contributed by atoms with Gasteiger partial charge in [0.1, 0.15) is 0 Å². The first-order valence-electron chi connectivity index (χ1n) is 5.50. The summed E-state index contributed by atoms with van der Waals surface area (Å²) < 4.78 is 1.48. The fraction of sp³-hybridized carbons (Fsp3) is 0.250. The first kappa shape index (κ1) is 13.0. The van der Waals surface area contributed by atoms with Gasteiger partial charge in [0.15, 0.2) is 5.60 Å². The lowest BCUT2D eigenvalue weighted by Gasteiger charge is -2.19.